The third kappa shape index (κ3) is 2.18. The predicted molar refractivity (Wildman–Crippen MR) is 79.6 cm³/mol. The van der Waals surface area contributed by atoms with Crippen LogP contribution in [0, 0.1) is 5.41 Å². The van der Waals surface area contributed by atoms with Crippen LogP contribution in [0.15, 0.2) is 24.4 Å². The maximum Gasteiger partial charge on any atom is 0.231 e. The minimum Gasteiger partial charge on any atom is -0.324 e. The zero-order chi connectivity index (χ0) is 14.0. The van der Waals surface area contributed by atoms with Gasteiger partial charge in [0.05, 0.1) is 22.8 Å². The first-order chi connectivity index (χ1) is 9.75. The summed E-state index contributed by atoms with van der Waals surface area (Å²) < 4.78 is 0. The third-order valence-corrected chi connectivity index (χ3v) is 4.18. The Bertz CT molecular complexity index is 613. The Labute approximate surface area is 118 Å². The van der Waals surface area contributed by atoms with Crippen LogP contribution in [0.1, 0.15) is 26.2 Å². The zero-order valence-corrected chi connectivity index (χ0v) is 11.7. The van der Waals surface area contributed by atoms with Crippen LogP contribution in [0.3, 0.4) is 0 Å². The molecule has 1 aliphatic rings. The van der Waals surface area contributed by atoms with E-state index in [1.807, 2.05) is 18.2 Å². The van der Waals surface area contributed by atoms with Gasteiger partial charge in [-0.3, -0.25) is 9.89 Å². The van der Waals surface area contributed by atoms with Gasteiger partial charge < -0.3 is 10.6 Å². The molecule has 0 aliphatic carbocycles. The Morgan fingerprint density at radius 1 is 1.50 bits per heavy atom. The normalized spacial score (nSPS) is 22.2. The van der Waals surface area contributed by atoms with Crippen molar-refractivity contribution in [2.24, 2.45) is 5.41 Å². The van der Waals surface area contributed by atoms with Crippen LogP contribution in [0.2, 0.25) is 0 Å². The summed E-state index contributed by atoms with van der Waals surface area (Å²) in [5, 5.41) is 14.4. The van der Waals surface area contributed by atoms with Gasteiger partial charge in [0.2, 0.25) is 5.91 Å². The van der Waals surface area contributed by atoms with Gasteiger partial charge in [0, 0.05) is 11.9 Å². The number of H-pyrrole nitrogens is 1. The fraction of sp³-hybridized carbons (Fsp3) is 0.467. The minimum atomic E-state index is -0.267. The molecule has 0 spiro atoms. The van der Waals surface area contributed by atoms with E-state index in [0.717, 1.165) is 48.9 Å². The second-order valence-corrected chi connectivity index (χ2v) is 5.55. The fourth-order valence-electron chi connectivity index (χ4n) is 3.07. The molecule has 1 unspecified atom stereocenters. The molecule has 2 heterocycles. The molecular formula is C15H20N4O. The van der Waals surface area contributed by atoms with E-state index in [2.05, 4.69) is 27.8 Å². The molecule has 1 saturated heterocycles. The zero-order valence-electron chi connectivity index (χ0n) is 11.7. The van der Waals surface area contributed by atoms with E-state index in [9.17, 15) is 4.79 Å². The maximum absolute atomic E-state index is 12.7. The lowest BCUT2D eigenvalue weighted by Crippen LogP contribution is -2.38. The molecule has 0 saturated carbocycles. The Kier molecular flexibility index (Phi) is 3.44. The van der Waals surface area contributed by atoms with Crippen LogP contribution in [0.4, 0.5) is 5.69 Å². The van der Waals surface area contributed by atoms with E-state index < -0.39 is 0 Å². The summed E-state index contributed by atoms with van der Waals surface area (Å²) in [6.45, 7) is 3.82. The summed E-state index contributed by atoms with van der Waals surface area (Å²) in [6, 6.07) is 5.83. The Hall–Kier alpha value is -1.88. The van der Waals surface area contributed by atoms with Gasteiger partial charge in [0.1, 0.15) is 0 Å². The number of rotatable bonds is 4. The van der Waals surface area contributed by atoms with Gasteiger partial charge in [0.15, 0.2) is 0 Å². The molecular weight excluding hydrogens is 252 g/mol. The highest BCUT2D eigenvalue weighted by atomic mass is 16.2. The maximum atomic E-state index is 12.7. The number of aromatic nitrogens is 2. The number of hydrogen-bond donors (Lipinski definition) is 3. The molecule has 1 aromatic heterocycles. The molecule has 3 rings (SSSR count). The molecule has 5 heteroatoms. The number of carbonyl (C=O) groups is 1. The molecule has 3 N–H and O–H groups in total. The van der Waals surface area contributed by atoms with Crippen molar-refractivity contribution in [2.45, 2.75) is 26.2 Å². The first-order valence-corrected chi connectivity index (χ1v) is 7.19. The van der Waals surface area contributed by atoms with Crippen molar-refractivity contribution in [3.05, 3.63) is 24.4 Å². The number of amides is 1. The molecule has 0 radical (unpaired) electrons. The van der Waals surface area contributed by atoms with Crippen LogP contribution >= 0.6 is 0 Å². The highest BCUT2D eigenvalue weighted by Crippen LogP contribution is 2.33. The fourth-order valence-corrected chi connectivity index (χ4v) is 3.07. The monoisotopic (exact) mass is 272 g/mol. The van der Waals surface area contributed by atoms with Crippen LogP contribution < -0.4 is 10.6 Å². The van der Waals surface area contributed by atoms with Crippen molar-refractivity contribution in [3.8, 4) is 0 Å². The van der Waals surface area contributed by atoms with Crippen LogP contribution in [-0.2, 0) is 4.79 Å². The second kappa shape index (κ2) is 5.25. The number of hydrogen-bond acceptors (Lipinski definition) is 3. The molecule has 1 amide bonds. The number of anilines is 1. The molecule has 1 atom stereocenters. The Balaban J connectivity index is 1.86. The quantitative estimate of drug-likeness (QED) is 0.799. The lowest BCUT2D eigenvalue weighted by Gasteiger charge is -2.26. The largest absolute Gasteiger partial charge is 0.324 e. The Morgan fingerprint density at radius 3 is 3.15 bits per heavy atom. The lowest BCUT2D eigenvalue weighted by molar-refractivity contribution is -0.125. The van der Waals surface area contributed by atoms with Crippen molar-refractivity contribution in [1.29, 1.82) is 0 Å². The summed E-state index contributed by atoms with van der Waals surface area (Å²) in [5.74, 6) is 0.117. The van der Waals surface area contributed by atoms with Gasteiger partial charge in [-0.15, -0.1) is 0 Å². The van der Waals surface area contributed by atoms with Gasteiger partial charge in [-0.25, -0.2) is 0 Å². The van der Waals surface area contributed by atoms with Crippen molar-refractivity contribution in [2.75, 3.05) is 18.4 Å². The van der Waals surface area contributed by atoms with Crippen LogP contribution in [0.25, 0.3) is 10.9 Å². The van der Waals surface area contributed by atoms with Gasteiger partial charge in [-0.2, -0.15) is 5.10 Å². The standard InChI is InChI=1S/C15H20N4O/c1-2-6-15(7-8-16-10-15)14(20)18-12-5-3-4-11-9-17-19-13(11)12/h3-5,9,16H,2,6-8,10H2,1H3,(H,17,19)(H,18,20). The third-order valence-electron chi connectivity index (χ3n) is 4.18. The smallest absolute Gasteiger partial charge is 0.231 e. The summed E-state index contributed by atoms with van der Waals surface area (Å²) in [7, 11) is 0. The molecule has 1 aliphatic heterocycles. The van der Waals surface area contributed by atoms with Crippen molar-refractivity contribution >= 4 is 22.5 Å². The number of fused-ring (bicyclic) bond motifs is 1. The van der Waals surface area contributed by atoms with Crippen molar-refractivity contribution < 1.29 is 4.79 Å². The lowest BCUT2D eigenvalue weighted by atomic mass is 9.81. The SMILES string of the molecule is CCCC1(C(=O)Nc2cccc3cn[nH]c23)CCNC1. The minimum absolute atomic E-state index is 0.117. The second-order valence-electron chi connectivity index (χ2n) is 5.55. The molecule has 1 aromatic carbocycles. The van der Waals surface area contributed by atoms with Crippen LogP contribution in [-0.4, -0.2) is 29.2 Å². The van der Waals surface area contributed by atoms with Crippen LogP contribution in [0.5, 0.6) is 0 Å². The van der Waals surface area contributed by atoms with E-state index in [-0.39, 0.29) is 11.3 Å². The van der Waals surface area contributed by atoms with E-state index in [1.165, 1.54) is 0 Å². The van der Waals surface area contributed by atoms with E-state index >= 15 is 0 Å². The molecule has 5 nitrogen and oxygen atoms in total. The molecule has 20 heavy (non-hydrogen) atoms. The van der Waals surface area contributed by atoms with Crippen molar-refractivity contribution in [1.82, 2.24) is 15.5 Å². The predicted octanol–water partition coefficient (Wildman–Crippen LogP) is 2.28. The number of aromatic amines is 1. The Morgan fingerprint density at radius 2 is 2.40 bits per heavy atom. The number of benzene rings is 1. The topological polar surface area (TPSA) is 69.8 Å². The van der Waals surface area contributed by atoms with Crippen molar-refractivity contribution in [3.63, 3.8) is 0 Å². The van der Waals surface area contributed by atoms with Gasteiger partial charge in [0.25, 0.3) is 0 Å². The first kappa shape index (κ1) is 13.1. The summed E-state index contributed by atoms with van der Waals surface area (Å²) in [5.41, 5.74) is 1.43. The van der Waals surface area contributed by atoms with E-state index in [1.54, 1.807) is 6.20 Å². The number of nitrogens with zero attached hydrogens (tertiary/aromatic N) is 1. The number of nitrogens with one attached hydrogen (secondary N) is 3. The van der Waals surface area contributed by atoms with Gasteiger partial charge >= 0.3 is 0 Å². The van der Waals surface area contributed by atoms with E-state index in [0.29, 0.717) is 0 Å². The average molecular weight is 272 g/mol. The average Bonchev–Trinajstić information content (AvgIpc) is 3.08. The summed E-state index contributed by atoms with van der Waals surface area (Å²) in [4.78, 5) is 12.7. The number of para-hydroxylation sites is 1. The highest BCUT2D eigenvalue weighted by molar-refractivity contribution is 6.02. The molecule has 106 valence electrons. The summed E-state index contributed by atoms with van der Waals surface area (Å²) >= 11 is 0. The number of carbonyl (C=O) groups excluding carboxylic acids is 1. The molecule has 1 fully saturated rings. The van der Waals surface area contributed by atoms with Gasteiger partial charge in [-0.1, -0.05) is 25.5 Å². The van der Waals surface area contributed by atoms with E-state index in [4.69, 9.17) is 0 Å². The first-order valence-electron chi connectivity index (χ1n) is 7.19. The van der Waals surface area contributed by atoms with Gasteiger partial charge in [-0.05, 0) is 25.5 Å². The summed E-state index contributed by atoms with van der Waals surface area (Å²) in [6.07, 6.45) is 4.61. The highest BCUT2D eigenvalue weighted by Gasteiger charge is 2.40. The molecule has 2 aromatic rings. The molecule has 0 bridgehead atoms.